The molecule has 19 heavy (non-hydrogen) atoms. The van der Waals surface area contributed by atoms with Gasteiger partial charge in [-0.25, -0.2) is 8.78 Å². The van der Waals surface area contributed by atoms with Crippen molar-refractivity contribution in [3.63, 3.8) is 0 Å². The predicted octanol–water partition coefficient (Wildman–Crippen LogP) is 5.03. The normalized spacial score (nSPS) is 10.5. The second kappa shape index (κ2) is 6.39. The SMILES string of the molecule is COc1ccc(CSc2ccc(F)cc2F)cc1Br. The van der Waals surface area contributed by atoms with Gasteiger partial charge in [0.15, 0.2) is 0 Å². The molecule has 0 aliphatic rings. The van der Waals surface area contributed by atoms with Gasteiger partial charge in [0, 0.05) is 16.7 Å². The van der Waals surface area contributed by atoms with E-state index in [2.05, 4.69) is 15.9 Å². The fourth-order valence-electron chi connectivity index (χ4n) is 1.55. The van der Waals surface area contributed by atoms with Crippen molar-refractivity contribution in [2.24, 2.45) is 0 Å². The minimum atomic E-state index is -0.561. The maximum atomic E-state index is 13.5. The lowest BCUT2D eigenvalue weighted by Gasteiger charge is -2.07. The lowest BCUT2D eigenvalue weighted by atomic mass is 10.2. The Bertz CT molecular complexity index is 590. The fourth-order valence-corrected chi connectivity index (χ4v) is 3.00. The second-order valence-electron chi connectivity index (χ2n) is 3.83. The molecule has 2 aromatic rings. The molecule has 100 valence electrons. The molecule has 0 bridgehead atoms. The zero-order valence-corrected chi connectivity index (χ0v) is 12.5. The Balaban J connectivity index is 2.08. The van der Waals surface area contributed by atoms with Crippen molar-refractivity contribution < 1.29 is 13.5 Å². The molecule has 2 aromatic carbocycles. The van der Waals surface area contributed by atoms with Gasteiger partial charge in [0.05, 0.1) is 11.6 Å². The average Bonchev–Trinajstić information content (AvgIpc) is 2.38. The van der Waals surface area contributed by atoms with Crippen LogP contribution in [0.4, 0.5) is 8.78 Å². The van der Waals surface area contributed by atoms with Crippen molar-refractivity contribution in [2.45, 2.75) is 10.6 Å². The molecule has 0 heterocycles. The van der Waals surface area contributed by atoms with Crippen LogP contribution in [0.25, 0.3) is 0 Å². The van der Waals surface area contributed by atoms with Crippen LogP contribution in [0.3, 0.4) is 0 Å². The summed E-state index contributed by atoms with van der Waals surface area (Å²) in [5.74, 6) is 0.263. The summed E-state index contributed by atoms with van der Waals surface area (Å²) in [5.41, 5.74) is 1.03. The first-order valence-corrected chi connectivity index (χ1v) is 7.28. The Kier molecular flexibility index (Phi) is 4.82. The van der Waals surface area contributed by atoms with Crippen molar-refractivity contribution in [1.29, 1.82) is 0 Å². The van der Waals surface area contributed by atoms with Crippen LogP contribution in [0.1, 0.15) is 5.56 Å². The lowest BCUT2D eigenvalue weighted by molar-refractivity contribution is 0.412. The largest absolute Gasteiger partial charge is 0.496 e. The number of thioether (sulfide) groups is 1. The molecule has 0 N–H and O–H groups in total. The standard InChI is InChI=1S/C14H11BrF2OS/c1-18-13-4-2-9(6-11(13)15)8-19-14-5-3-10(16)7-12(14)17/h2-7H,8H2,1H3. The molecule has 2 rings (SSSR count). The number of hydrogen-bond donors (Lipinski definition) is 0. The van der Waals surface area contributed by atoms with Gasteiger partial charge < -0.3 is 4.74 Å². The van der Waals surface area contributed by atoms with Crippen molar-refractivity contribution in [3.8, 4) is 5.75 Å². The third-order valence-electron chi connectivity index (χ3n) is 2.50. The van der Waals surface area contributed by atoms with Crippen LogP contribution in [0.2, 0.25) is 0 Å². The highest BCUT2D eigenvalue weighted by Gasteiger charge is 2.06. The molecule has 0 aliphatic carbocycles. The highest BCUT2D eigenvalue weighted by Crippen LogP contribution is 2.30. The first-order valence-electron chi connectivity index (χ1n) is 5.50. The summed E-state index contributed by atoms with van der Waals surface area (Å²) in [6.07, 6.45) is 0. The summed E-state index contributed by atoms with van der Waals surface area (Å²) >= 11 is 4.73. The van der Waals surface area contributed by atoms with Crippen LogP contribution in [0.5, 0.6) is 5.75 Å². The molecular formula is C14H11BrF2OS. The first kappa shape index (κ1) is 14.3. The third kappa shape index (κ3) is 3.70. The summed E-state index contributed by atoms with van der Waals surface area (Å²) in [6.45, 7) is 0. The van der Waals surface area contributed by atoms with Gasteiger partial charge in [-0.15, -0.1) is 11.8 Å². The summed E-state index contributed by atoms with van der Waals surface area (Å²) in [4.78, 5) is 0.438. The molecule has 0 saturated heterocycles. The van der Waals surface area contributed by atoms with Crippen LogP contribution in [0, 0.1) is 11.6 Å². The summed E-state index contributed by atoms with van der Waals surface area (Å²) in [6, 6.07) is 9.29. The molecule has 0 aromatic heterocycles. The molecule has 0 fully saturated rings. The van der Waals surface area contributed by atoms with Crippen LogP contribution in [-0.4, -0.2) is 7.11 Å². The number of benzene rings is 2. The monoisotopic (exact) mass is 344 g/mol. The van der Waals surface area contributed by atoms with E-state index in [9.17, 15) is 8.78 Å². The Morgan fingerprint density at radius 3 is 2.58 bits per heavy atom. The molecular weight excluding hydrogens is 334 g/mol. The average molecular weight is 345 g/mol. The smallest absolute Gasteiger partial charge is 0.139 e. The van der Waals surface area contributed by atoms with E-state index in [1.807, 2.05) is 18.2 Å². The highest BCUT2D eigenvalue weighted by molar-refractivity contribution is 9.10. The molecule has 0 aliphatic heterocycles. The van der Waals surface area contributed by atoms with E-state index >= 15 is 0 Å². The van der Waals surface area contributed by atoms with E-state index in [-0.39, 0.29) is 0 Å². The van der Waals surface area contributed by atoms with Gasteiger partial charge in [-0.05, 0) is 45.8 Å². The summed E-state index contributed by atoms with van der Waals surface area (Å²) in [7, 11) is 1.60. The number of hydrogen-bond acceptors (Lipinski definition) is 2. The Hall–Kier alpha value is -1.07. The predicted molar refractivity (Wildman–Crippen MR) is 76.6 cm³/mol. The zero-order valence-electron chi connectivity index (χ0n) is 10.1. The van der Waals surface area contributed by atoms with E-state index in [4.69, 9.17) is 4.74 Å². The first-order chi connectivity index (χ1) is 9.10. The van der Waals surface area contributed by atoms with Gasteiger partial charge in [-0.1, -0.05) is 6.07 Å². The van der Waals surface area contributed by atoms with Gasteiger partial charge in [0.25, 0.3) is 0 Å². The molecule has 0 saturated carbocycles. The summed E-state index contributed by atoms with van der Waals surface area (Å²) < 4.78 is 32.2. The van der Waals surface area contributed by atoms with Crippen molar-refractivity contribution in [1.82, 2.24) is 0 Å². The molecule has 1 nitrogen and oxygen atoms in total. The Labute approximate surface area is 123 Å². The highest BCUT2D eigenvalue weighted by atomic mass is 79.9. The fraction of sp³-hybridized carbons (Fsp3) is 0.143. The van der Waals surface area contributed by atoms with Gasteiger partial charge in [0.2, 0.25) is 0 Å². The van der Waals surface area contributed by atoms with Crippen LogP contribution in [0.15, 0.2) is 45.8 Å². The van der Waals surface area contributed by atoms with Gasteiger partial charge >= 0.3 is 0 Å². The minimum Gasteiger partial charge on any atom is -0.496 e. The number of ether oxygens (including phenoxy) is 1. The van der Waals surface area contributed by atoms with E-state index in [0.29, 0.717) is 10.6 Å². The Morgan fingerprint density at radius 2 is 1.95 bits per heavy atom. The summed E-state index contributed by atoms with van der Waals surface area (Å²) in [5, 5.41) is 0. The van der Waals surface area contributed by atoms with Crippen LogP contribution >= 0.6 is 27.7 Å². The Morgan fingerprint density at radius 1 is 1.16 bits per heavy atom. The molecule has 0 spiro atoms. The molecule has 0 atom stereocenters. The van der Waals surface area contributed by atoms with Gasteiger partial charge in [-0.2, -0.15) is 0 Å². The number of rotatable bonds is 4. The van der Waals surface area contributed by atoms with Crippen LogP contribution < -0.4 is 4.74 Å². The van der Waals surface area contributed by atoms with Gasteiger partial charge in [0.1, 0.15) is 17.4 Å². The van der Waals surface area contributed by atoms with Crippen molar-refractivity contribution >= 4 is 27.7 Å². The lowest BCUT2D eigenvalue weighted by Crippen LogP contribution is -1.88. The van der Waals surface area contributed by atoms with E-state index in [1.54, 1.807) is 7.11 Å². The van der Waals surface area contributed by atoms with E-state index in [1.165, 1.54) is 23.9 Å². The third-order valence-corrected chi connectivity index (χ3v) is 4.24. The zero-order chi connectivity index (χ0) is 13.8. The topological polar surface area (TPSA) is 9.23 Å². The molecule has 5 heteroatoms. The van der Waals surface area contributed by atoms with Crippen LogP contribution in [-0.2, 0) is 5.75 Å². The molecule has 0 unspecified atom stereocenters. The van der Waals surface area contributed by atoms with Crippen molar-refractivity contribution in [2.75, 3.05) is 7.11 Å². The molecule has 0 amide bonds. The minimum absolute atomic E-state index is 0.438. The second-order valence-corrected chi connectivity index (χ2v) is 5.70. The maximum Gasteiger partial charge on any atom is 0.139 e. The number of methoxy groups -OCH3 is 1. The number of halogens is 3. The molecule has 0 radical (unpaired) electrons. The maximum absolute atomic E-state index is 13.5. The van der Waals surface area contributed by atoms with Gasteiger partial charge in [-0.3, -0.25) is 0 Å². The van der Waals surface area contributed by atoms with E-state index < -0.39 is 11.6 Å². The van der Waals surface area contributed by atoms with E-state index in [0.717, 1.165) is 21.9 Å². The van der Waals surface area contributed by atoms with Crippen molar-refractivity contribution in [3.05, 3.63) is 58.1 Å². The quantitative estimate of drug-likeness (QED) is 0.719.